The molecule has 118 valence electrons. The van der Waals surface area contributed by atoms with Crippen molar-refractivity contribution >= 4 is 5.69 Å². The lowest BCUT2D eigenvalue weighted by Gasteiger charge is -2.36. The van der Waals surface area contributed by atoms with E-state index in [1.807, 2.05) is 12.1 Å². The first-order valence-electron chi connectivity index (χ1n) is 7.69. The fraction of sp³-hybridized carbons (Fsp3) is 0.625. The van der Waals surface area contributed by atoms with Gasteiger partial charge in [0.1, 0.15) is 5.75 Å². The maximum atomic E-state index is 10.3. The Morgan fingerprint density at radius 3 is 2.95 bits per heavy atom. The number of aliphatic hydroxyl groups excluding tert-OH is 1. The molecule has 3 N–H and O–H groups in total. The number of hydrogen-bond acceptors (Lipinski definition) is 5. The van der Waals surface area contributed by atoms with Crippen LogP contribution in [-0.2, 0) is 4.74 Å². The highest BCUT2D eigenvalue weighted by atomic mass is 16.5. The normalized spacial score (nSPS) is 20.5. The molecule has 1 aromatic rings. The Balaban J connectivity index is 2.14. The lowest BCUT2D eigenvalue weighted by Crippen LogP contribution is -2.47. The van der Waals surface area contributed by atoms with E-state index in [0.717, 1.165) is 30.8 Å². The number of aromatic hydroxyl groups is 1. The first kappa shape index (κ1) is 16.1. The van der Waals surface area contributed by atoms with Gasteiger partial charge in [-0.2, -0.15) is 0 Å². The number of nitrogens with one attached hydrogen (secondary N) is 1. The third-order valence-corrected chi connectivity index (χ3v) is 3.95. The van der Waals surface area contributed by atoms with Crippen LogP contribution in [0, 0.1) is 0 Å². The summed E-state index contributed by atoms with van der Waals surface area (Å²) < 4.78 is 5.39. The molecule has 2 atom stereocenters. The van der Waals surface area contributed by atoms with Crippen LogP contribution in [0.25, 0.3) is 0 Å². The highest BCUT2D eigenvalue weighted by Gasteiger charge is 2.23. The van der Waals surface area contributed by atoms with Gasteiger partial charge in [0.25, 0.3) is 0 Å². The van der Waals surface area contributed by atoms with Crippen LogP contribution >= 0.6 is 0 Å². The monoisotopic (exact) mass is 294 g/mol. The molecule has 1 heterocycles. The molecule has 0 aliphatic carbocycles. The van der Waals surface area contributed by atoms with Crippen LogP contribution in [0.1, 0.15) is 31.9 Å². The van der Waals surface area contributed by atoms with Crippen molar-refractivity contribution in [2.75, 3.05) is 37.8 Å². The lowest BCUT2D eigenvalue weighted by atomic mass is 10.1. The van der Waals surface area contributed by atoms with E-state index in [-0.39, 0.29) is 18.7 Å². The van der Waals surface area contributed by atoms with Crippen molar-refractivity contribution in [3.63, 3.8) is 0 Å². The number of benzene rings is 1. The van der Waals surface area contributed by atoms with Crippen LogP contribution < -0.4 is 10.2 Å². The topological polar surface area (TPSA) is 65.0 Å². The summed E-state index contributed by atoms with van der Waals surface area (Å²) in [5, 5.41) is 23.1. The smallest absolute Gasteiger partial charge is 0.122 e. The van der Waals surface area contributed by atoms with E-state index >= 15 is 0 Å². The second-order valence-corrected chi connectivity index (χ2v) is 5.52. The van der Waals surface area contributed by atoms with Crippen molar-refractivity contribution in [2.24, 2.45) is 0 Å². The molecule has 0 saturated carbocycles. The van der Waals surface area contributed by atoms with Gasteiger partial charge < -0.3 is 25.2 Å². The molecule has 0 radical (unpaired) electrons. The van der Waals surface area contributed by atoms with Crippen LogP contribution in [0.3, 0.4) is 0 Å². The van der Waals surface area contributed by atoms with Crippen LogP contribution in [0.15, 0.2) is 18.2 Å². The summed E-state index contributed by atoms with van der Waals surface area (Å²) in [6.45, 7) is 7.05. The molecule has 0 spiro atoms. The number of nitrogens with zero attached hydrogens (tertiary/aromatic N) is 1. The number of phenols is 1. The summed E-state index contributed by atoms with van der Waals surface area (Å²) in [6, 6.07) is 5.83. The molecule has 1 saturated heterocycles. The zero-order valence-corrected chi connectivity index (χ0v) is 12.9. The second-order valence-electron chi connectivity index (χ2n) is 5.52. The van der Waals surface area contributed by atoms with E-state index in [0.29, 0.717) is 19.0 Å². The molecule has 0 aromatic heterocycles. The first-order valence-corrected chi connectivity index (χ1v) is 7.69. The Hall–Kier alpha value is -1.30. The minimum absolute atomic E-state index is 0.0420. The molecule has 1 aliphatic heterocycles. The van der Waals surface area contributed by atoms with Crippen LogP contribution in [-0.4, -0.2) is 49.2 Å². The molecule has 21 heavy (non-hydrogen) atoms. The Morgan fingerprint density at radius 1 is 1.48 bits per heavy atom. The molecule has 0 amide bonds. The van der Waals surface area contributed by atoms with Crippen LogP contribution in [0.2, 0.25) is 0 Å². The van der Waals surface area contributed by atoms with E-state index in [1.54, 1.807) is 6.07 Å². The number of morpholine rings is 1. The van der Waals surface area contributed by atoms with Crippen molar-refractivity contribution in [3.05, 3.63) is 23.8 Å². The van der Waals surface area contributed by atoms with Crippen molar-refractivity contribution in [3.8, 4) is 5.75 Å². The van der Waals surface area contributed by atoms with Gasteiger partial charge in [0.05, 0.1) is 25.9 Å². The Kier molecular flexibility index (Phi) is 5.85. The highest BCUT2D eigenvalue weighted by molar-refractivity contribution is 5.55. The molecule has 1 aromatic carbocycles. The SMILES string of the molecule is CCCNC(C)c1ccc(N2CCOCC2CO)cc1O. The van der Waals surface area contributed by atoms with Gasteiger partial charge in [0.2, 0.25) is 0 Å². The third kappa shape index (κ3) is 3.87. The van der Waals surface area contributed by atoms with Crippen molar-refractivity contribution < 1.29 is 14.9 Å². The standard InChI is InChI=1S/C16H26N2O3/c1-3-6-17-12(2)15-5-4-13(9-16(15)20)18-7-8-21-11-14(18)10-19/h4-5,9,12,14,17,19-20H,3,6-8,10-11H2,1-2H3. The summed E-state index contributed by atoms with van der Waals surface area (Å²) in [5.41, 5.74) is 1.84. The number of phenolic OH excluding ortho intramolecular Hbond substituents is 1. The minimum atomic E-state index is -0.0420. The summed E-state index contributed by atoms with van der Waals surface area (Å²) in [7, 11) is 0. The molecule has 1 aliphatic rings. The van der Waals surface area contributed by atoms with Gasteiger partial charge in [-0.05, 0) is 26.0 Å². The summed E-state index contributed by atoms with van der Waals surface area (Å²) in [4.78, 5) is 2.09. The predicted octanol–water partition coefficient (Wildman–Crippen LogP) is 1.65. The molecule has 2 unspecified atom stereocenters. The Morgan fingerprint density at radius 2 is 2.29 bits per heavy atom. The first-order chi connectivity index (χ1) is 10.2. The number of anilines is 1. The van der Waals surface area contributed by atoms with Crippen LogP contribution in [0.5, 0.6) is 5.75 Å². The van der Waals surface area contributed by atoms with Gasteiger partial charge in [-0.25, -0.2) is 0 Å². The fourth-order valence-corrected chi connectivity index (χ4v) is 2.69. The third-order valence-electron chi connectivity index (χ3n) is 3.95. The largest absolute Gasteiger partial charge is 0.508 e. The fourth-order valence-electron chi connectivity index (χ4n) is 2.69. The molecular weight excluding hydrogens is 268 g/mol. The van der Waals surface area contributed by atoms with E-state index in [2.05, 4.69) is 24.1 Å². The number of aliphatic hydroxyl groups is 1. The molecular formula is C16H26N2O3. The number of rotatable bonds is 6. The average Bonchev–Trinajstić information content (AvgIpc) is 2.52. The van der Waals surface area contributed by atoms with E-state index < -0.39 is 0 Å². The zero-order chi connectivity index (χ0) is 15.2. The van der Waals surface area contributed by atoms with E-state index in [9.17, 15) is 10.2 Å². The van der Waals surface area contributed by atoms with Gasteiger partial charge >= 0.3 is 0 Å². The van der Waals surface area contributed by atoms with Gasteiger partial charge in [0.15, 0.2) is 0 Å². The molecule has 5 heteroatoms. The maximum Gasteiger partial charge on any atom is 0.122 e. The Bertz CT molecular complexity index is 453. The number of hydrogen-bond donors (Lipinski definition) is 3. The number of ether oxygens (including phenoxy) is 1. The van der Waals surface area contributed by atoms with Gasteiger partial charge in [0, 0.05) is 29.9 Å². The van der Waals surface area contributed by atoms with E-state index in [1.165, 1.54) is 0 Å². The molecule has 5 nitrogen and oxygen atoms in total. The predicted molar refractivity (Wildman–Crippen MR) is 83.9 cm³/mol. The van der Waals surface area contributed by atoms with Crippen molar-refractivity contribution in [2.45, 2.75) is 32.4 Å². The molecule has 2 rings (SSSR count). The molecule has 0 bridgehead atoms. The van der Waals surface area contributed by atoms with E-state index in [4.69, 9.17) is 4.74 Å². The van der Waals surface area contributed by atoms with Crippen molar-refractivity contribution in [1.29, 1.82) is 0 Å². The highest BCUT2D eigenvalue weighted by Crippen LogP contribution is 2.30. The zero-order valence-electron chi connectivity index (χ0n) is 12.9. The second kappa shape index (κ2) is 7.64. The molecule has 1 fully saturated rings. The summed E-state index contributed by atoms with van der Waals surface area (Å²) in [5.74, 6) is 0.298. The van der Waals surface area contributed by atoms with Gasteiger partial charge in [-0.15, -0.1) is 0 Å². The quantitative estimate of drug-likeness (QED) is 0.744. The summed E-state index contributed by atoms with van der Waals surface area (Å²) >= 11 is 0. The Labute approximate surface area is 126 Å². The van der Waals surface area contributed by atoms with Gasteiger partial charge in [-0.3, -0.25) is 0 Å². The van der Waals surface area contributed by atoms with Crippen molar-refractivity contribution in [1.82, 2.24) is 5.32 Å². The maximum absolute atomic E-state index is 10.3. The summed E-state index contributed by atoms with van der Waals surface area (Å²) in [6.07, 6.45) is 1.06. The van der Waals surface area contributed by atoms with Crippen LogP contribution in [0.4, 0.5) is 5.69 Å². The van der Waals surface area contributed by atoms with Gasteiger partial charge in [-0.1, -0.05) is 13.0 Å². The lowest BCUT2D eigenvalue weighted by molar-refractivity contribution is 0.0727. The average molecular weight is 294 g/mol. The minimum Gasteiger partial charge on any atom is -0.508 e.